The molecule has 0 spiro atoms. The van der Waals surface area contributed by atoms with Gasteiger partial charge in [0.1, 0.15) is 0 Å². The smallest absolute Gasteiger partial charge is 0.232 e. The summed E-state index contributed by atoms with van der Waals surface area (Å²) in [7, 11) is 0. The van der Waals surface area contributed by atoms with E-state index in [1.165, 1.54) is 0 Å². The van der Waals surface area contributed by atoms with E-state index in [-0.39, 0.29) is 0 Å². The second-order valence-corrected chi connectivity index (χ2v) is 1.68. The van der Waals surface area contributed by atoms with E-state index in [1.807, 2.05) is 10.8 Å². The van der Waals surface area contributed by atoms with Crippen LogP contribution in [0.1, 0.15) is 0 Å². The van der Waals surface area contributed by atoms with Crippen LogP contribution in [0, 0.1) is 6.57 Å². The molecular weight excluding hydrogens is 114 g/mol. The third-order valence-electron chi connectivity index (χ3n) is 1.03. The zero-order valence-corrected chi connectivity index (χ0v) is 4.99. The molecule has 0 aromatic carbocycles. The molecular formula is C6H7N3. The van der Waals surface area contributed by atoms with Crippen LogP contribution in [0.5, 0.6) is 0 Å². The molecule has 1 rings (SSSR count). The zero-order valence-electron chi connectivity index (χ0n) is 4.99. The minimum absolute atomic E-state index is 0.538. The van der Waals surface area contributed by atoms with Gasteiger partial charge in [0.25, 0.3) is 0 Å². The highest BCUT2D eigenvalue weighted by Crippen LogP contribution is 1.84. The molecule has 3 heteroatoms. The molecule has 0 radical (unpaired) electrons. The summed E-state index contributed by atoms with van der Waals surface area (Å²) in [6.07, 6.45) is 5.28. The van der Waals surface area contributed by atoms with Crippen molar-refractivity contribution in [3.05, 3.63) is 30.1 Å². The summed E-state index contributed by atoms with van der Waals surface area (Å²) >= 11 is 0. The first kappa shape index (κ1) is 5.83. The van der Waals surface area contributed by atoms with E-state index in [0.717, 1.165) is 6.54 Å². The average molecular weight is 121 g/mol. The molecule has 0 atom stereocenters. The summed E-state index contributed by atoms with van der Waals surface area (Å²) in [5.74, 6) is 0. The maximum atomic E-state index is 6.50. The number of aromatic nitrogens is 2. The lowest BCUT2D eigenvalue weighted by molar-refractivity contribution is 0.743. The van der Waals surface area contributed by atoms with Crippen LogP contribution in [0.3, 0.4) is 0 Å². The Morgan fingerprint density at radius 3 is 3.11 bits per heavy atom. The second-order valence-electron chi connectivity index (χ2n) is 1.68. The van der Waals surface area contributed by atoms with Gasteiger partial charge in [-0.25, -0.2) is 11.6 Å². The van der Waals surface area contributed by atoms with E-state index < -0.39 is 0 Å². The number of hydrogen-bond acceptors (Lipinski definition) is 1. The van der Waals surface area contributed by atoms with Crippen molar-refractivity contribution >= 4 is 0 Å². The minimum atomic E-state index is 0.538. The topological polar surface area (TPSA) is 22.2 Å². The molecule has 0 aliphatic rings. The fraction of sp³-hybridized carbons (Fsp3) is 0.333. The molecule has 0 saturated heterocycles. The van der Waals surface area contributed by atoms with Crippen LogP contribution in [-0.4, -0.2) is 16.1 Å². The highest BCUT2D eigenvalue weighted by molar-refractivity contribution is 4.75. The van der Waals surface area contributed by atoms with E-state index in [0.29, 0.717) is 6.54 Å². The molecule has 46 valence electrons. The maximum absolute atomic E-state index is 6.50. The van der Waals surface area contributed by atoms with E-state index in [4.69, 9.17) is 6.57 Å². The van der Waals surface area contributed by atoms with Crippen molar-refractivity contribution in [1.82, 2.24) is 9.55 Å². The first-order valence-corrected chi connectivity index (χ1v) is 2.72. The van der Waals surface area contributed by atoms with Gasteiger partial charge in [-0.3, -0.25) is 0 Å². The van der Waals surface area contributed by atoms with Gasteiger partial charge in [0, 0.05) is 12.4 Å². The zero-order chi connectivity index (χ0) is 6.53. The van der Waals surface area contributed by atoms with Gasteiger partial charge in [-0.15, -0.1) is 0 Å². The van der Waals surface area contributed by atoms with Crippen molar-refractivity contribution in [1.29, 1.82) is 0 Å². The van der Waals surface area contributed by atoms with E-state index in [2.05, 4.69) is 9.83 Å². The number of rotatable bonds is 2. The normalized spacial score (nSPS) is 8.78. The summed E-state index contributed by atoms with van der Waals surface area (Å²) in [6, 6.07) is 0. The third kappa shape index (κ3) is 1.57. The fourth-order valence-electron chi connectivity index (χ4n) is 0.584. The summed E-state index contributed by atoms with van der Waals surface area (Å²) in [4.78, 5) is 7.05. The van der Waals surface area contributed by atoms with E-state index >= 15 is 0 Å². The SMILES string of the molecule is [C-]#[N+]CCn1ccnc1. The van der Waals surface area contributed by atoms with Crippen molar-refractivity contribution < 1.29 is 0 Å². The van der Waals surface area contributed by atoms with Gasteiger partial charge in [-0.1, -0.05) is 0 Å². The van der Waals surface area contributed by atoms with Gasteiger partial charge in [0.2, 0.25) is 6.54 Å². The Morgan fingerprint density at radius 2 is 2.56 bits per heavy atom. The molecule has 0 saturated carbocycles. The molecule has 0 aliphatic carbocycles. The molecule has 1 aromatic heterocycles. The largest absolute Gasteiger partial charge is 0.330 e. The average Bonchev–Trinajstić information content (AvgIpc) is 2.34. The van der Waals surface area contributed by atoms with Crippen LogP contribution in [-0.2, 0) is 6.54 Å². The predicted molar refractivity (Wildman–Crippen MR) is 33.7 cm³/mol. The highest BCUT2D eigenvalue weighted by atomic mass is 15.0. The number of nitrogens with zero attached hydrogens (tertiary/aromatic N) is 3. The monoisotopic (exact) mass is 121 g/mol. The first-order chi connectivity index (χ1) is 4.43. The molecule has 0 bridgehead atoms. The van der Waals surface area contributed by atoms with Crippen LogP contribution in [0.4, 0.5) is 0 Å². The maximum Gasteiger partial charge on any atom is 0.232 e. The molecule has 0 amide bonds. The van der Waals surface area contributed by atoms with E-state index in [9.17, 15) is 0 Å². The van der Waals surface area contributed by atoms with Crippen molar-refractivity contribution in [2.24, 2.45) is 0 Å². The van der Waals surface area contributed by atoms with Crippen molar-refractivity contribution in [3.63, 3.8) is 0 Å². The summed E-state index contributed by atoms with van der Waals surface area (Å²) < 4.78 is 1.89. The molecule has 0 fully saturated rings. The van der Waals surface area contributed by atoms with Gasteiger partial charge >= 0.3 is 0 Å². The van der Waals surface area contributed by atoms with E-state index in [1.54, 1.807) is 12.5 Å². The molecule has 9 heavy (non-hydrogen) atoms. The number of imidazole rings is 1. The molecule has 0 aliphatic heterocycles. The lowest BCUT2D eigenvalue weighted by atomic mass is 10.6. The summed E-state index contributed by atoms with van der Waals surface area (Å²) in [5, 5.41) is 0. The van der Waals surface area contributed by atoms with Crippen molar-refractivity contribution in [2.45, 2.75) is 6.54 Å². The van der Waals surface area contributed by atoms with Crippen LogP contribution in [0.2, 0.25) is 0 Å². The molecule has 0 unspecified atom stereocenters. The number of hydrogen-bond donors (Lipinski definition) is 0. The van der Waals surface area contributed by atoms with Crippen LogP contribution in [0.25, 0.3) is 4.85 Å². The summed E-state index contributed by atoms with van der Waals surface area (Å²) in [5.41, 5.74) is 0. The Hall–Kier alpha value is -1.30. The van der Waals surface area contributed by atoms with Crippen LogP contribution in [0.15, 0.2) is 18.7 Å². The van der Waals surface area contributed by atoms with Gasteiger partial charge < -0.3 is 9.41 Å². The second kappa shape index (κ2) is 2.88. The Labute approximate surface area is 53.8 Å². The molecule has 3 nitrogen and oxygen atoms in total. The van der Waals surface area contributed by atoms with Crippen molar-refractivity contribution in [2.75, 3.05) is 6.54 Å². The van der Waals surface area contributed by atoms with Crippen molar-refractivity contribution in [3.8, 4) is 0 Å². The lowest BCUT2D eigenvalue weighted by Gasteiger charge is -1.90. The van der Waals surface area contributed by atoms with Gasteiger partial charge in [-0.05, 0) is 0 Å². The Morgan fingerprint density at radius 1 is 1.67 bits per heavy atom. The predicted octanol–water partition coefficient (Wildman–Crippen LogP) is 0.802. The molecule has 0 N–H and O–H groups in total. The lowest BCUT2D eigenvalue weighted by Crippen LogP contribution is -1.95. The first-order valence-electron chi connectivity index (χ1n) is 2.72. The van der Waals surface area contributed by atoms with Crippen LogP contribution >= 0.6 is 0 Å². The van der Waals surface area contributed by atoms with Gasteiger partial charge in [-0.2, -0.15) is 0 Å². The highest BCUT2D eigenvalue weighted by Gasteiger charge is 1.87. The Kier molecular flexibility index (Phi) is 1.86. The molecule has 1 aromatic rings. The van der Waals surface area contributed by atoms with Gasteiger partial charge in [0.05, 0.1) is 12.9 Å². The Bertz CT molecular complexity index is 195. The quantitative estimate of drug-likeness (QED) is 0.530. The Balaban J connectivity index is 2.41. The standard InChI is InChI=1S/C6H7N3/c1-7-2-4-9-5-3-8-6-9/h3,5-6H,2,4H2. The van der Waals surface area contributed by atoms with Crippen LogP contribution < -0.4 is 0 Å². The third-order valence-corrected chi connectivity index (χ3v) is 1.03. The fourth-order valence-corrected chi connectivity index (χ4v) is 0.584. The van der Waals surface area contributed by atoms with Gasteiger partial charge in [0.15, 0.2) is 0 Å². The molecule has 1 heterocycles. The minimum Gasteiger partial charge on any atom is -0.330 e. The summed E-state index contributed by atoms with van der Waals surface area (Å²) in [6.45, 7) is 7.79.